The maximum atomic E-state index is 15.2. The number of aromatic amines is 1. The number of ether oxygens (including phenoxy) is 1. The normalized spacial score (nSPS) is 10.9. The van der Waals surface area contributed by atoms with E-state index in [0.29, 0.717) is 14.9 Å². The molecule has 2 aromatic heterocycles. The van der Waals surface area contributed by atoms with Gasteiger partial charge in [-0.05, 0) is 51.8 Å². The molecule has 0 aliphatic rings. The van der Waals surface area contributed by atoms with Crippen LogP contribution in [-0.4, -0.2) is 10.2 Å². The molecule has 4 rings (SSSR count). The Morgan fingerprint density at radius 1 is 1.27 bits per heavy atom. The Labute approximate surface area is 182 Å². The molecule has 4 aromatic rings. The molecule has 0 amide bonds. The molecule has 6 nitrogen and oxygen atoms in total. The van der Waals surface area contributed by atoms with Crippen molar-refractivity contribution in [2.45, 2.75) is 6.42 Å². The third kappa shape index (κ3) is 3.79. The van der Waals surface area contributed by atoms with Crippen molar-refractivity contribution in [3.05, 3.63) is 85.8 Å². The van der Waals surface area contributed by atoms with E-state index in [1.165, 1.54) is 24.3 Å². The molecule has 2 aromatic carbocycles. The summed E-state index contributed by atoms with van der Waals surface area (Å²) in [7, 11) is 0. The Kier molecular flexibility index (Phi) is 5.28. The number of nitrogens with zero attached hydrogens (tertiary/aromatic N) is 3. The molecule has 0 atom stereocenters. The quantitative estimate of drug-likeness (QED) is 0.316. The minimum atomic E-state index is -0.727. The molecule has 0 radical (unpaired) electrons. The number of rotatable bonds is 4. The summed E-state index contributed by atoms with van der Waals surface area (Å²) in [4.78, 5) is 0. The third-order valence-electron chi connectivity index (χ3n) is 4.31. The highest BCUT2D eigenvalue weighted by Crippen LogP contribution is 2.36. The van der Waals surface area contributed by atoms with Crippen molar-refractivity contribution in [1.29, 1.82) is 5.26 Å². The fraction of sp³-hybridized carbons (Fsp3) is 0.0500. The van der Waals surface area contributed by atoms with Crippen LogP contribution in [0, 0.1) is 28.2 Å². The lowest BCUT2D eigenvalue weighted by Gasteiger charge is -2.12. The molecule has 2 heterocycles. The fourth-order valence-corrected chi connectivity index (χ4v) is 3.58. The Hall–Kier alpha value is -3.22. The Bertz CT molecular complexity index is 1340. The second-order valence-corrected chi connectivity index (χ2v) is 7.62. The van der Waals surface area contributed by atoms with E-state index in [4.69, 9.17) is 21.6 Å². The third-order valence-corrected chi connectivity index (χ3v) is 5.16. The van der Waals surface area contributed by atoms with Crippen molar-refractivity contribution < 1.29 is 18.2 Å². The molecule has 0 aliphatic heterocycles. The summed E-state index contributed by atoms with van der Waals surface area (Å²) in [6.45, 7) is 0. The maximum Gasteiger partial charge on any atom is 0.312 e. The summed E-state index contributed by atoms with van der Waals surface area (Å²) < 4.78 is 35.2. The van der Waals surface area contributed by atoms with Gasteiger partial charge in [-0.25, -0.2) is 13.5 Å². The van der Waals surface area contributed by atoms with Crippen molar-refractivity contribution >= 4 is 38.6 Å². The SMILES string of the molecule is N#Cc1cc(Cl)cc(Oc2c(Br)ccc(Cc3n[nH]c4c3cc(F)c[n+]4[O-])c2F)c1. The number of halogens is 4. The minimum absolute atomic E-state index is 0.0160. The molecule has 0 bridgehead atoms. The lowest BCUT2D eigenvalue weighted by molar-refractivity contribution is -0.580. The van der Waals surface area contributed by atoms with Crippen molar-refractivity contribution in [3.8, 4) is 17.6 Å². The molecule has 150 valence electrons. The number of nitrogens with one attached hydrogen (secondary N) is 1. The van der Waals surface area contributed by atoms with E-state index in [0.717, 1.165) is 12.3 Å². The van der Waals surface area contributed by atoms with E-state index in [-0.39, 0.29) is 45.1 Å². The predicted octanol–water partition coefficient (Wildman–Crippen LogP) is 5.15. The highest BCUT2D eigenvalue weighted by molar-refractivity contribution is 9.10. The van der Waals surface area contributed by atoms with Crippen LogP contribution in [0.5, 0.6) is 11.5 Å². The van der Waals surface area contributed by atoms with Crippen molar-refractivity contribution in [3.63, 3.8) is 0 Å². The van der Waals surface area contributed by atoms with E-state index in [2.05, 4.69) is 26.1 Å². The zero-order valence-corrected chi connectivity index (χ0v) is 17.3. The summed E-state index contributed by atoms with van der Waals surface area (Å²) in [5, 5.41) is 27.9. The highest BCUT2D eigenvalue weighted by Gasteiger charge is 2.20. The molecule has 0 spiro atoms. The summed E-state index contributed by atoms with van der Waals surface area (Å²) in [5.74, 6) is -1.32. The first-order valence-electron chi connectivity index (χ1n) is 8.47. The van der Waals surface area contributed by atoms with Crippen molar-refractivity contribution in [1.82, 2.24) is 10.2 Å². The number of benzene rings is 2. The Morgan fingerprint density at radius 3 is 2.83 bits per heavy atom. The van der Waals surface area contributed by atoms with Crippen LogP contribution >= 0.6 is 27.5 Å². The molecule has 30 heavy (non-hydrogen) atoms. The summed E-state index contributed by atoms with van der Waals surface area (Å²) in [6, 6.07) is 10.6. The maximum absolute atomic E-state index is 15.2. The van der Waals surface area contributed by atoms with Crippen LogP contribution in [0.15, 0.2) is 47.1 Å². The molecule has 1 N–H and O–H groups in total. The van der Waals surface area contributed by atoms with E-state index in [1.807, 2.05) is 6.07 Å². The van der Waals surface area contributed by atoms with Crippen LogP contribution in [0.2, 0.25) is 5.02 Å². The summed E-state index contributed by atoms with van der Waals surface area (Å²) >= 11 is 9.23. The number of pyridine rings is 1. The van der Waals surface area contributed by atoms with E-state index in [9.17, 15) is 9.60 Å². The fourth-order valence-electron chi connectivity index (χ4n) is 2.97. The molecular formula is C20H10BrClF2N4O2. The van der Waals surface area contributed by atoms with Gasteiger partial charge in [0.2, 0.25) is 0 Å². The van der Waals surface area contributed by atoms with Gasteiger partial charge in [0.25, 0.3) is 0 Å². The monoisotopic (exact) mass is 490 g/mol. The zero-order chi connectivity index (χ0) is 21.4. The van der Waals surface area contributed by atoms with Gasteiger partial charge in [0.15, 0.2) is 17.4 Å². The topological polar surface area (TPSA) is 88.6 Å². The van der Waals surface area contributed by atoms with Crippen LogP contribution in [-0.2, 0) is 6.42 Å². The molecule has 0 unspecified atom stereocenters. The van der Waals surface area contributed by atoms with Gasteiger partial charge >= 0.3 is 5.65 Å². The van der Waals surface area contributed by atoms with Crippen LogP contribution in [0.3, 0.4) is 0 Å². The first kappa shape index (κ1) is 20.1. The summed E-state index contributed by atoms with van der Waals surface area (Å²) in [5.41, 5.74) is 0.853. The predicted molar refractivity (Wildman–Crippen MR) is 108 cm³/mol. The van der Waals surface area contributed by atoms with Crippen LogP contribution in [0.4, 0.5) is 8.78 Å². The highest BCUT2D eigenvalue weighted by atomic mass is 79.9. The average molecular weight is 492 g/mol. The van der Waals surface area contributed by atoms with Crippen molar-refractivity contribution in [2.24, 2.45) is 0 Å². The van der Waals surface area contributed by atoms with Gasteiger partial charge in [-0.1, -0.05) is 22.8 Å². The van der Waals surface area contributed by atoms with Gasteiger partial charge in [-0.15, -0.1) is 5.10 Å². The van der Waals surface area contributed by atoms with Gasteiger partial charge in [0, 0.05) is 11.4 Å². The van der Waals surface area contributed by atoms with E-state index in [1.54, 1.807) is 6.07 Å². The van der Waals surface area contributed by atoms with Gasteiger partial charge < -0.3 is 9.94 Å². The van der Waals surface area contributed by atoms with Gasteiger partial charge in [-0.3, -0.25) is 0 Å². The number of hydrogen-bond acceptors (Lipinski definition) is 4. The van der Waals surface area contributed by atoms with Gasteiger partial charge in [-0.2, -0.15) is 5.26 Å². The number of aromatic nitrogens is 3. The second kappa shape index (κ2) is 7.89. The largest absolute Gasteiger partial charge is 0.710 e. The first-order valence-corrected chi connectivity index (χ1v) is 9.64. The lowest BCUT2D eigenvalue weighted by Crippen LogP contribution is -2.27. The van der Waals surface area contributed by atoms with Gasteiger partial charge in [0.1, 0.15) is 17.6 Å². The van der Waals surface area contributed by atoms with Gasteiger partial charge in [0.05, 0.1) is 21.5 Å². The number of nitriles is 1. The van der Waals surface area contributed by atoms with Crippen LogP contribution in [0.1, 0.15) is 16.8 Å². The number of hydrogen-bond donors (Lipinski definition) is 1. The van der Waals surface area contributed by atoms with E-state index >= 15 is 4.39 Å². The molecule has 0 aliphatic carbocycles. The molecule has 0 saturated carbocycles. The van der Waals surface area contributed by atoms with Crippen molar-refractivity contribution in [2.75, 3.05) is 0 Å². The first-order chi connectivity index (χ1) is 14.4. The second-order valence-electron chi connectivity index (χ2n) is 6.33. The lowest BCUT2D eigenvalue weighted by atomic mass is 10.1. The van der Waals surface area contributed by atoms with E-state index < -0.39 is 11.6 Å². The minimum Gasteiger partial charge on any atom is -0.710 e. The summed E-state index contributed by atoms with van der Waals surface area (Å²) in [6.07, 6.45) is 0.759. The number of H-pyrrole nitrogens is 1. The molecule has 0 fully saturated rings. The van der Waals surface area contributed by atoms with Crippen LogP contribution in [0.25, 0.3) is 11.0 Å². The molecule has 0 saturated heterocycles. The molecule has 10 heteroatoms. The zero-order valence-electron chi connectivity index (χ0n) is 14.9. The Morgan fingerprint density at radius 2 is 2.07 bits per heavy atom. The number of fused-ring (bicyclic) bond motifs is 1. The molecular weight excluding hydrogens is 482 g/mol. The van der Waals surface area contributed by atoms with Crippen LogP contribution < -0.4 is 9.47 Å². The standard InChI is InChI=1S/C20H10BrClF2N4O2/c21-16-2-1-11(5-17-15-7-13(23)9-28(29)20(15)27-26-17)18(24)19(16)30-14-4-10(8-25)3-12(22)6-14/h1-4,6-7,9H,5H2,(H,26,27). The average Bonchev–Trinajstić information content (AvgIpc) is 3.10. The Balaban J connectivity index is 1.72. The smallest absolute Gasteiger partial charge is 0.312 e.